The number of fused-ring (bicyclic) bond motifs is 1. The molecule has 0 saturated heterocycles. The number of para-hydroxylation sites is 1. The molecule has 4 heteroatoms. The molecule has 1 aromatic carbocycles. The van der Waals surface area contributed by atoms with Crippen LogP contribution in [0.3, 0.4) is 0 Å². The van der Waals surface area contributed by atoms with E-state index in [1.807, 2.05) is 38.4 Å². The summed E-state index contributed by atoms with van der Waals surface area (Å²) >= 11 is 0. The highest BCUT2D eigenvalue weighted by molar-refractivity contribution is 5.93. The van der Waals surface area contributed by atoms with Crippen LogP contribution in [0.1, 0.15) is 5.56 Å². The number of rotatable bonds is 2. The predicted octanol–water partition coefficient (Wildman–Crippen LogP) is 3.04. The Labute approximate surface area is 111 Å². The monoisotopic (exact) mass is 250 g/mol. The fourth-order valence-corrected chi connectivity index (χ4v) is 2.13. The highest BCUT2D eigenvalue weighted by Crippen LogP contribution is 2.28. The van der Waals surface area contributed by atoms with Crippen molar-refractivity contribution < 1.29 is 0 Å². The maximum atomic E-state index is 4.55. The second-order valence-corrected chi connectivity index (χ2v) is 4.36. The van der Waals surface area contributed by atoms with Gasteiger partial charge in [0.25, 0.3) is 0 Å². The van der Waals surface area contributed by atoms with Crippen LogP contribution in [0.15, 0.2) is 42.7 Å². The van der Waals surface area contributed by atoms with E-state index >= 15 is 0 Å². The molecule has 0 radical (unpaired) electrons. The molecule has 0 unspecified atom stereocenters. The van der Waals surface area contributed by atoms with Crippen molar-refractivity contribution in [1.29, 1.82) is 0 Å². The summed E-state index contributed by atoms with van der Waals surface area (Å²) in [5, 5.41) is 4.08. The topological polar surface area (TPSA) is 50.7 Å². The van der Waals surface area contributed by atoms with Crippen molar-refractivity contribution in [3.63, 3.8) is 0 Å². The molecule has 0 fully saturated rings. The molecule has 0 saturated carbocycles. The van der Waals surface area contributed by atoms with E-state index in [0.29, 0.717) is 5.95 Å². The number of nitrogens with zero attached hydrogens (tertiary/aromatic N) is 3. The number of benzene rings is 1. The van der Waals surface area contributed by atoms with Crippen molar-refractivity contribution in [2.45, 2.75) is 6.92 Å². The Kier molecular flexibility index (Phi) is 2.83. The molecule has 0 amide bonds. The normalized spacial score (nSPS) is 10.6. The first kappa shape index (κ1) is 11.6. The lowest BCUT2D eigenvalue weighted by atomic mass is 10.0. The quantitative estimate of drug-likeness (QED) is 0.759. The van der Waals surface area contributed by atoms with Gasteiger partial charge in [-0.1, -0.05) is 24.3 Å². The highest BCUT2D eigenvalue weighted by Gasteiger charge is 2.10. The van der Waals surface area contributed by atoms with Crippen LogP contribution in [-0.4, -0.2) is 22.0 Å². The van der Waals surface area contributed by atoms with E-state index in [0.717, 1.165) is 27.7 Å². The Bertz CT molecular complexity index is 732. The third-order valence-corrected chi connectivity index (χ3v) is 3.08. The Morgan fingerprint density at radius 2 is 1.89 bits per heavy atom. The SMILES string of the molecule is CNc1ncc(C)c(-c2cccc3cccnc23)n1. The van der Waals surface area contributed by atoms with E-state index in [4.69, 9.17) is 0 Å². The molecule has 1 N–H and O–H groups in total. The fourth-order valence-electron chi connectivity index (χ4n) is 2.13. The Balaban J connectivity index is 2.30. The lowest BCUT2D eigenvalue weighted by Gasteiger charge is -2.09. The minimum atomic E-state index is 0.619. The van der Waals surface area contributed by atoms with E-state index in [1.165, 1.54) is 0 Å². The van der Waals surface area contributed by atoms with Crippen molar-refractivity contribution >= 4 is 16.9 Å². The Hall–Kier alpha value is -2.49. The van der Waals surface area contributed by atoms with Gasteiger partial charge in [-0.3, -0.25) is 4.98 Å². The average Bonchev–Trinajstić information content (AvgIpc) is 2.47. The predicted molar refractivity (Wildman–Crippen MR) is 77.1 cm³/mol. The zero-order chi connectivity index (χ0) is 13.2. The van der Waals surface area contributed by atoms with Crippen LogP contribution >= 0.6 is 0 Å². The molecular weight excluding hydrogens is 236 g/mol. The molecule has 3 rings (SSSR count). The van der Waals surface area contributed by atoms with Gasteiger partial charge in [-0.15, -0.1) is 0 Å². The second kappa shape index (κ2) is 4.65. The van der Waals surface area contributed by atoms with Crippen molar-refractivity contribution in [1.82, 2.24) is 15.0 Å². The van der Waals surface area contributed by atoms with Crippen LogP contribution < -0.4 is 5.32 Å². The van der Waals surface area contributed by atoms with Crippen LogP contribution in [-0.2, 0) is 0 Å². The number of nitrogens with one attached hydrogen (secondary N) is 1. The van der Waals surface area contributed by atoms with Gasteiger partial charge in [0.1, 0.15) is 0 Å². The maximum absolute atomic E-state index is 4.55. The standard InChI is InChI=1S/C15H14N4/c1-10-9-18-15(16-2)19-13(10)12-7-3-5-11-6-4-8-17-14(11)12/h3-9H,1-2H3,(H,16,18,19). The van der Waals surface area contributed by atoms with Gasteiger partial charge in [0.2, 0.25) is 5.95 Å². The van der Waals surface area contributed by atoms with Crippen LogP contribution in [0.5, 0.6) is 0 Å². The van der Waals surface area contributed by atoms with Crippen LogP contribution in [0.2, 0.25) is 0 Å². The zero-order valence-electron chi connectivity index (χ0n) is 10.9. The van der Waals surface area contributed by atoms with E-state index in [2.05, 4.69) is 32.4 Å². The minimum absolute atomic E-state index is 0.619. The molecule has 3 aromatic rings. The van der Waals surface area contributed by atoms with E-state index in [-0.39, 0.29) is 0 Å². The van der Waals surface area contributed by atoms with Gasteiger partial charge in [-0.05, 0) is 18.6 Å². The molecule has 19 heavy (non-hydrogen) atoms. The molecule has 0 bridgehead atoms. The van der Waals surface area contributed by atoms with Gasteiger partial charge < -0.3 is 5.32 Å². The first-order valence-electron chi connectivity index (χ1n) is 6.15. The maximum Gasteiger partial charge on any atom is 0.222 e. The van der Waals surface area contributed by atoms with Gasteiger partial charge in [0, 0.05) is 30.4 Å². The molecule has 0 aliphatic heterocycles. The van der Waals surface area contributed by atoms with Crippen molar-refractivity contribution in [2.24, 2.45) is 0 Å². The third kappa shape index (κ3) is 2.01. The van der Waals surface area contributed by atoms with Gasteiger partial charge in [0.05, 0.1) is 11.2 Å². The average molecular weight is 250 g/mol. The van der Waals surface area contributed by atoms with E-state index in [9.17, 15) is 0 Å². The number of aromatic nitrogens is 3. The summed E-state index contributed by atoms with van der Waals surface area (Å²) in [6, 6.07) is 10.1. The number of hydrogen-bond donors (Lipinski definition) is 1. The van der Waals surface area contributed by atoms with Gasteiger partial charge >= 0.3 is 0 Å². The molecular formula is C15H14N4. The third-order valence-electron chi connectivity index (χ3n) is 3.08. The lowest BCUT2D eigenvalue weighted by Crippen LogP contribution is -1.99. The van der Waals surface area contributed by atoms with E-state index in [1.54, 1.807) is 6.20 Å². The molecule has 2 aromatic heterocycles. The van der Waals surface area contributed by atoms with E-state index < -0.39 is 0 Å². The Morgan fingerprint density at radius 1 is 1.05 bits per heavy atom. The van der Waals surface area contributed by atoms with Crippen LogP contribution in [0.25, 0.3) is 22.2 Å². The lowest BCUT2D eigenvalue weighted by molar-refractivity contribution is 1.12. The molecule has 0 aliphatic rings. The summed E-state index contributed by atoms with van der Waals surface area (Å²) in [5.41, 5.74) is 3.96. The summed E-state index contributed by atoms with van der Waals surface area (Å²) in [6.07, 6.45) is 3.64. The summed E-state index contributed by atoms with van der Waals surface area (Å²) in [5.74, 6) is 0.619. The van der Waals surface area contributed by atoms with Crippen molar-refractivity contribution in [3.05, 3.63) is 48.3 Å². The minimum Gasteiger partial charge on any atom is -0.357 e. The number of hydrogen-bond acceptors (Lipinski definition) is 4. The summed E-state index contributed by atoms with van der Waals surface area (Å²) < 4.78 is 0. The van der Waals surface area contributed by atoms with Gasteiger partial charge in [-0.25, -0.2) is 9.97 Å². The van der Waals surface area contributed by atoms with Gasteiger partial charge in [-0.2, -0.15) is 0 Å². The summed E-state index contributed by atoms with van der Waals surface area (Å²) in [7, 11) is 1.82. The second-order valence-electron chi connectivity index (χ2n) is 4.36. The summed E-state index contributed by atoms with van der Waals surface area (Å²) in [6.45, 7) is 2.01. The number of pyridine rings is 1. The molecule has 0 aliphatic carbocycles. The first-order valence-corrected chi connectivity index (χ1v) is 6.15. The molecule has 4 nitrogen and oxygen atoms in total. The summed E-state index contributed by atoms with van der Waals surface area (Å²) in [4.78, 5) is 13.2. The Morgan fingerprint density at radius 3 is 2.74 bits per heavy atom. The number of anilines is 1. The zero-order valence-corrected chi connectivity index (χ0v) is 10.9. The molecule has 0 spiro atoms. The first-order chi connectivity index (χ1) is 9.29. The number of aryl methyl sites for hydroxylation is 1. The fraction of sp³-hybridized carbons (Fsp3) is 0.133. The highest BCUT2D eigenvalue weighted by atomic mass is 15.1. The van der Waals surface area contributed by atoms with Gasteiger partial charge in [0.15, 0.2) is 0 Å². The molecule has 0 atom stereocenters. The molecule has 94 valence electrons. The van der Waals surface area contributed by atoms with Crippen molar-refractivity contribution in [3.8, 4) is 11.3 Å². The van der Waals surface area contributed by atoms with Crippen LogP contribution in [0, 0.1) is 6.92 Å². The van der Waals surface area contributed by atoms with Crippen LogP contribution in [0.4, 0.5) is 5.95 Å². The largest absolute Gasteiger partial charge is 0.357 e. The van der Waals surface area contributed by atoms with Crippen molar-refractivity contribution in [2.75, 3.05) is 12.4 Å². The molecule has 2 heterocycles. The smallest absolute Gasteiger partial charge is 0.222 e.